The van der Waals surface area contributed by atoms with Crippen molar-refractivity contribution in [1.82, 2.24) is 9.97 Å². The Morgan fingerprint density at radius 3 is 2.93 bits per heavy atom. The molecule has 0 aromatic carbocycles. The van der Waals surface area contributed by atoms with E-state index in [9.17, 15) is 0 Å². The molecule has 0 amide bonds. The number of hydrogen-bond acceptors (Lipinski definition) is 4. The summed E-state index contributed by atoms with van der Waals surface area (Å²) in [4.78, 5) is 8.05. The van der Waals surface area contributed by atoms with Gasteiger partial charge in [-0.2, -0.15) is 11.8 Å². The number of nitrogens with zero attached hydrogens (tertiary/aromatic N) is 2. The zero-order valence-electron chi connectivity index (χ0n) is 8.54. The summed E-state index contributed by atoms with van der Waals surface area (Å²) in [6.07, 6.45) is 3.56. The van der Waals surface area contributed by atoms with E-state index in [0.717, 1.165) is 17.1 Å². The molecule has 0 saturated carbocycles. The minimum Gasteiger partial charge on any atom is -0.366 e. The molecule has 0 saturated heterocycles. The second-order valence-electron chi connectivity index (χ2n) is 3.14. The average molecular weight is 232 g/mol. The zero-order valence-corrected chi connectivity index (χ0v) is 10.1. The van der Waals surface area contributed by atoms with E-state index in [1.54, 1.807) is 11.8 Å². The topological polar surface area (TPSA) is 37.8 Å². The Labute approximate surface area is 93.7 Å². The van der Waals surface area contributed by atoms with Gasteiger partial charge in [0.15, 0.2) is 0 Å². The van der Waals surface area contributed by atoms with E-state index in [4.69, 9.17) is 11.6 Å². The largest absolute Gasteiger partial charge is 0.366 e. The number of hydrogen-bond donors (Lipinski definition) is 1. The van der Waals surface area contributed by atoms with Crippen molar-refractivity contribution in [2.75, 3.05) is 17.3 Å². The Bertz CT molecular complexity index is 306. The molecule has 0 spiro atoms. The molecule has 0 aliphatic carbocycles. The molecular formula is C9H14ClN3S. The van der Waals surface area contributed by atoms with E-state index in [0.29, 0.717) is 11.2 Å². The predicted octanol–water partition coefficient (Wildman–Crippen LogP) is 2.60. The number of anilines is 1. The van der Waals surface area contributed by atoms with Gasteiger partial charge in [0, 0.05) is 17.4 Å². The van der Waals surface area contributed by atoms with Gasteiger partial charge in [-0.05, 0) is 20.1 Å². The number of nitrogens with one attached hydrogen (secondary N) is 1. The molecule has 5 heteroatoms. The molecule has 1 atom stereocenters. The van der Waals surface area contributed by atoms with Crippen LogP contribution in [-0.4, -0.2) is 28.0 Å². The van der Waals surface area contributed by atoms with Crippen LogP contribution in [0.3, 0.4) is 0 Å². The Morgan fingerprint density at radius 1 is 1.57 bits per heavy atom. The fourth-order valence-corrected chi connectivity index (χ4v) is 1.82. The zero-order chi connectivity index (χ0) is 10.6. The van der Waals surface area contributed by atoms with Gasteiger partial charge in [0.25, 0.3) is 0 Å². The fourth-order valence-electron chi connectivity index (χ4n) is 1.10. The van der Waals surface area contributed by atoms with Crippen molar-refractivity contribution >= 4 is 29.2 Å². The molecule has 1 rings (SSSR count). The summed E-state index contributed by atoms with van der Waals surface area (Å²) in [5, 5.41) is 3.81. The summed E-state index contributed by atoms with van der Waals surface area (Å²) in [5.74, 6) is 1.87. The van der Waals surface area contributed by atoms with E-state index in [2.05, 4.69) is 28.5 Å². The molecule has 0 radical (unpaired) electrons. The van der Waals surface area contributed by atoms with Crippen LogP contribution in [0.5, 0.6) is 0 Å². The molecule has 1 aromatic heterocycles. The normalized spacial score (nSPS) is 12.6. The van der Waals surface area contributed by atoms with Crippen molar-refractivity contribution < 1.29 is 0 Å². The minimum absolute atomic E-state index is 0.384. The summed E-state index contributed by atoms with van der Waals surface area (Å²) in [6, 6.07) is 0.384. The molecule has 78 valence electrons. The SMILES string of the molecule is CSCC(C)Nc1ncnc(Cl)c1C. The van der Waals surface area contributed by atoms with Gasteiger partial charge in [-0.15, -0.1) is 0 Å². The highest BCUT2D eigenvalue weighted by molar-refractivity contribution is 7.98. The van der Waals surface area contributed by atoms with Gasteiger partial charge < -0.3 is 5.32 Å². The first kappa shape index (κ1) is 11.6. The molecule has 0 aliphatic heterocycles. The maximum Gasteiger partial charge on any atom is 0.137 e. The van der Waals surface area contributed by atoms with E-state index in [1.165, 1.54) is 6.33 Å². The molecule has 14 heavy (non-hydrogen) atoms. The second kappa shape index (κ2) is 5.41. The lowest BCUT2D eigenvalue weighted by Gasteiger charge is -2.14. The van der Waals surface area contributed by atoms with Crippen LogP contribution in [0, 0.1) is 6.92 Å². The van der Waals surface area contributed by atoms with Crippen LogP contribution >= 0.6 is 23.4 Å². The van der Waals surface area contributed by atoms with Gasteiger partial charge in [0.2, 0.25) is 0 Å². The maximum absolute atomic E-state index is 5.88. The van der Waals surface area contributed by atoms with Crippen molar-refractivity contribution in [2.45, 2.75) is 19.9 Å². The molecular weight excluding hydrogens is 218 g/mol. The van der Waals surface area contributed by atoms with Crippen LogP contribution in [-0.2, 0) is 0 Å². The first-order valence-corrected chi connectivity index (χ1v) is 6.15. The summed E-state index contributed by atoms with van der Waals surface area (Å²) in [5.41, 5.74) is 0.905. The molecule has 0 fully saturated rings. The number of aromatic nitrogens is 2. The van der Waals surface area contributed by atoms with Gasteiger partial charge in [0.05, 0.1) is 0 Å². The fraction of sp³-hybridized carbons (Fsp3) is 0.556. The Balaban J connectivity index is 2.71. The standard InChI is InChI=1S/C9H14ClN3S/c1-6(4-14-3)13-9-7(2)8(10)11-5-12-9/h5-6H,4H2,1-3H3,(H,11,12,13). The van der Waals surface area contributed by atoms with E-state index in [-0.39, 0.29) is 0 Å². The smallest absolute Gasteiger partial charge is 0.137 e. The van der Waals surface area contributed by atoms with E-state index < -0.39 is 0 Å². The molecule has 1 unspecified atom stereocenters. The van der Waals surface area contributed by atoms with E-state index in [1.807, 2.05) is 6.92 Å². The van der Waals surface area contributed by atoms with Crippen LogP contribution in [0.15, 0.2) is 6.33 Å². The Kier molecular flexibility index (Phi) is 4.48. The monoisotopic (exact) mass is 231 g/mol. The highest BCUT2D eigenvalue weighted by atomic mass is 35.5. The maximum atomic E-state index is 5.88. The summed E-state index contributed by atoms with van der Waals surface area (Å²) in [7, 11) is 0. The lowest BCUT2D eigenvalue weighted by Crippen LogP contribution is -2.19. The van der Waals surface area contributed by atoms with Crippen LogP contribution in [0.4, 0.5) is 5.82 Å². The Morgan fingerprint density at radius 2 is 2.29 bits per heavy atom. The Hall–Kier alpha value is -0.480. The summed E-state index contributed by atoms with van der Waals surface area (Å²) < 4.78 is 0. The van der Waals surface area contributed by atoms with Gasteiger partial charge in [0.1, 0.15) is 17.3 Å². The molecule has 3 nitrogen and oxygen atoms in total. The van der Waals surface area contributed by atoms with Crippen LogP contribution in [0.1, 0.15) is 12.5 Å². The predicted molar refractivity (Wildman–Crippen MR) is 63.2 cm³/mol. The minimum atomic E-state index is 0.384. The number of thioether (sulfide) groups is 1. The molecule has 1 heterocycles. The summed E-state index contributed by atoms with van der Waals surface area (Å²) >= 11 is 7.68. The highest BCUT2D eigenvalue weighted by Gasteiger charge is 2.07. The van der Waals surface area contributed by atoms with Gasteiger partial charge in [-0.25, -0.2) is 9.97 Å². The average Bonchev–Trinajstić information content (AvgIpc) is 2.13. The van der Waals surface area contributed by atoms with Crippen LogP contribution in [0.2, 0.25) is 5.15 Å². The third kappa shape index (κ3) is 3.03. The first-order chi connectivity index (χ1) is 6.65. The molecule has 0 bridgehead atoms. The van der Waals surface area contributed by atoms with Crippen LogP contribution < -0.4 is 5.32 Å². The van der Waals surface area contributed by atoms with Crippen molar-refractivity contribution in [3.8, 4) is 0 Å². The quantitative estimate of drug-likeness (QED) is 0.809. The molecule has 0 aliphatic rings. The van der Waals surface area contributed by atoms with Crippen molar-refractivity contribution in [3.05, 3.63) is 17.0 Å². The third-order valence-electron chi connectivity index (χ3n) is 1.82. The number of halogens is 1. The summed E-state index contributed by atoms with van der Waals surface area (Å²) in [6.45, 7) is 4.03. The number of rotatable bonds is 4. The van der Waals surface area contributed by atoms with E-state index >= 15 is 0 Å². The van der Waals surface area contributed by atoms with Crippen molar-refractivity contribution in [3.63, 3.8) is 0 Å². The lowest BCUT2D eigenvalue weighted by molar-refractivity contribution is 0.895. The van der Waals surface area contributed by atoms with Gasteiger partial charge in [-0.1, -0.05) is 11.6 Å². The molecule has 1 aromatic rings. The second-order valence-corrected chi connectivity index (χ2v) is 4.41. The molecule has 1 N–H and O–H groups in total. The lowest BCUT2D eigenvalue weighted by atomic mass is 10.3. The van der Waals surface area contributed by atoms with Crippen LogP contribution in [0.25, 0.3) is 0 Å². The third-order valence-corrected chi connectivity index (χ3v) is 3.04. The van der Waals surface area contributed by atoms with Gasteiger partial charge >= 0.3 is 0 Å². The highest BCUT2D eigenvalue weighted by Crippen LogP contribution is 2.18. The van der Waals surface area contributed by atoms with Crippen molar-refractivity contribution in [2.24, 2.45) is 0 Å². The first-order valence-electron chi connectivity index (χ1n) is 4.37. The van der Waals surface area contributed by atoms with Crippen molar-refractivity contribution in [1.29, 1.82) is 0 Å². The van der Waals surface area contributed by atoms with Gasteiger partial charge in [-0.3, -0.25) is 0 Å².